The van der Waals surface area contributed by atoms with Crippen LogP contribution in [0.5, 0.6) is 5.75 Å². The lowest BCUT2D eigenvalue weighted by atomic mass is 10.1. The summed E-state index contributed by atoms with van der Waals surface area (Å²) in [6.07, 6.45) is 1.46. The van der Waals surface area contributed by atoms with E-state index in [1.807, 2.05) is 24.3 Å². The zero-order chi connectivity index (χ0) is 16.2. The minimum absolute atomic E-state index is 0.0615. The van der Waals surface area contributed by atoms with Gasteiger partial charge in [0, 0.05) is 16.0 Å². The van der Waals surface area contributed by atoms with Crippen molar-refractivity contribution < 1.29 is 9.90 Å². The van der Waals surface area contributed by atoms with Crippen molar-refractivity contribution in [3.63, 3.8) is 0 Å². The molecular formula is C18H13ClN2O2. The number of nitrogens with one attached hydrogen (secondary N) is 1. The molecule has 23 heavy (non-hydrogen) atoms. The van der Waals surface area contributed by atoms with E-state index in [0.717, 1.165) is 5.39 Å². The molecular weight excluding hydrogens is 312 g/mol. The largest absolute Gasteiger partial charge is 0.506 e. The molecule has 2 N–H and O–H groups in total. The first-order valence-corrected chi connectivity index (χ1v) is 7.33. The summed E-state index contributed by atoms with van der Waals surface area (Å²) in [5.41, 5.74) is 3.25. The molecule has 0 radical (unpaired) electrons. The van der Waals surface area contributed by atoms with Gasteiger partial charge in [0.05, 0.1) is 11.8 Å². The summed E-state index contributed by atoms with van der Waals surface area (Å²) < 4.78 is 0. The first-order chi connectivity index (χ1) is 11.2. The standard InChI is InChI=1S/C18H13ClN2O2/c19-16-8-4-2-6-13(16)11-20-21-18(23)15-10-9-12-5-1-3-7-14(12)17(15)22/h1-11,22H,(H,21,23)/b20-11-. The third-order valence-corrected chi connectivity index (χ3v) is 3.76. The monoisotopic (exact) mass is 324 g/mol. The Morgan fingerprint density at radius 2 is 1.78 bits per heavy atom. The highest BCUT2D eigenvalue weighted by atomic mass is 35.5. The number of amides is 1. The van der Waals surface area contributed by atoms with Crippen molar-refractivity contribution in [3.05, 3.63) is 76.8 Å². The lowest BCUT2D eigenvalue weighted by Gasteiger charge is -2.06. The summed E-state index contributed by atoms with van der Waals surface area (Å²) in [4.78, 5) is 12.2. The van der Waals surface area contributed by atoms with E-state index in [1.54, 1.807) is 36.4 Å². The van der Waals surface area contributed by atoms with Gasteiger partial charge in [-0.25, -0.2) is 5.43 Å². The Labute approximate surface area is 138 Å². The van der Waals surface area contributed by atoms with Crippen LogP contribution >= 0.6 is 11.6 Å². The molecule has 0 bridgehead atoms. The summed E-state index contributed by atoms with van der Waals surface area (Å²) in [5, 5.41) is 16.1. The maximum absolute atomic E-state index is 12.2. The molecule has 0 saturated heterocycles. The zero-order valence-corrected chi connectivity index (χ0v) is 12.8. The fourth-order valence-corrected chi connectivity index (χ4v) is 2.42. The SMILES string of the molecule is O=C(N/N=C\c1ccccc1Cl)c1ccc2ccccc2c1O. The number of halogens is 1. The number of hydrazone groups is 1. The topological polar surface area (TPSA) is 61.7 Å². The Hall–Kier alpha value is -2.85. The fourth-order valence-electron chi connectivity index (χ4n) is 2.24. The summed E-state index contributed by atoms with van der Waals surface area (Å²) in [6, 6.07) is 17.8. The van der Waals surface area contributed by atoms with Crippen LogP contribution in [0.15, 0.2) is 65.8 Å². The van der Waals surface area contributed by atoms with Crippen LogP contribution < -0.4 is 5.43 Å². The van der Waals surface area contributed by atoms with Gasteiger partial charge in [-0.2, -0.15) is 5.10 Å². The third kappa shape index (κ3) is 3.17. The summed E-state index contributed by atoms with van der Waals surface area (Å²) in [5.74, 6) is -0.551. The molecule has 5 heteroatoms. The van der Waals surface area contributed by atoms with Gasteiger partial charge < -0.3 is 5.11 Å². The van der Waals surface area contributed by atoms with E-state index < -0.39 is 5.91 Å². The van der Waals surface area contributed by atoms with E-state index in [2.05, 4.69) is 10.5 Å². The fraction of sp³-hybridized carbons (Fsp3) is 0. The van der Waals surface area contributed by atoms with Gasteiger partial charge in [0.2, 0.25) is 0 Å². The normalized spacial score (nSPS) is 11.0. The number of carbonyl (C=O) groups excluding carboxylic acids is 1. The quantitative estimate of drug-likeness (QED) is 0.566. The molecule has 4 nitrogen and oxygen atoms in total. The van der Waals surface area contributed by atoms with E-state index in [-0.39, 0.29) is 11.3 Å². The van der Waals surface area contributed by atoms with E-state index in [1.165, 1.54) is 6.21 Å². The highest BCUT2D eigenvalue weighted by molar-refractivity contribution is 6.33. The molecule has 0 aliphatic rings. The van der Waals surface area contributed by atoms with Gasteiger partial charge in [0.25, 0.3) is 5.91 Å². The lowest BCUT2D eigenvalue weighted by molar-refractivity contribution is 0.0952. The number of phenols is 1. The second-order valence-electron chi connectivity index (χ2n) is 4.90. The Morgan fingerprint density at radius 1 is 1.04 bits per heavy atom. The highest BCUT2D eigenvalue weighted by Gasteiger charge is 2.12. The van der Waals surface area contributed by atoms with Crippen molar-refractivity contribution in [2.75, 3.05) is 0 Å². The average Bonchev–Trinajstić information content (AvgIpc) is 2.57. The smallest absolute Gasteiger partial charge is 0.275 e. The van der Waals surface area contributed by atoms with Crippen LogP contribution in [0, 0.1) is 0 Å². The number of aromatic hydroxyl groups is 1. The molecule has 0 saturated carbocycles. The van der Waals surface area contributed by atoms with Gasteiger partial charge in [0.15, 0.2) is 0 Å². The summed E-state index contributed by atoms with van der Waals surface area (Å²) in [7, 11) is 0. The van der Waals surface area contributed by atoms with Crippen molar-refractivity contribution in [2.24, 2.45) is 5.10 Å². The van der Waals surface area contributed by atoms with E-state index >= 15 is 0 Å². The van der Waals surface area contributed by atoms with Gasteiger partial charge in [0.1, 0.15) is 5.75 Å². The highest BCUT2D eigenvalue weighted by Crippen LogP contribution is 2.28. The maximum Gasteiger partial charge on any atom is 0.275 e. The predicted molar refractivity (Wildman–Crippen MR) is 92.1 cm³/mol. The Kier molecular flexibility index (Phi) is 4.26. The molecule has 0 spiro atoms. The zero-order valence-electron chi connectivity index (χ0n) is 12.0. The van der Waals surface area contributed by atoms with Crippen molar-refractivity contribution in [1.29, 1.82) is 0 Å². The van der Waals surface area contributed by atoms with Crippen molar-refractivity contribution >= 4 is 34.5 Å². The molecule has 114 valence electrons. The molecule has 3 aromatic carbocycles. The number of hydrogen-bond donors (Lipinski definition) is 2. The lowest BCUT2D eigenvalue weighted by Crippen LogP contribution is -2.17. The summed E-state index contributed by atoms with van der Waals surface area (Å²) >= 11 is 6.00. The van der Waals surface area contributed by atoms with Crippen LogP contribution in [-0.2, 0) is 0 Å². The van der Waals surface area contributed by atoms with E-state index in [4.69, 9.17) is 11.6 Å². The molecule has 1 amide bonds. The van der Waals surface area contributed by atoms with Crippen LogP contribution in [0.2, 0.25) is 5.02 Å². The molecule has 0 fully saturated rings. The van der Waals surface area contributed by atoms with Crippen LogP contribution in [-0.4, -0.2) is 17.2 Å². The Balaban J connectivity index is 1.81. The van der Waals surface area contributed by atoms with E-state index in [9.17, 15) is 9.90 Å². The average molecular weight is 325 g/mol. The molecule has 3 aromatic rings. The first kappa shape index (κ1) is 15.1. The number of benzene rings is 3. The van der Waals surface area contributed by atoms with Gasteiger partial charge in [-0.1, -0.05) is 60.1 Å². The van der Waals surface area contributed by atoms with Gasteiger partial charge >= 0.3 is 0 Å². The summed E-state index contributed by atoms with van der Waals surface area (Å²) in [6.45, 7) is 0. The third-order valence-electron chi connectivity index (χ3n) is 3.42. The molecule has 3 rings (SSSR count). The van der Waals surface area contributed by atoms with Gasteiger partial charge in [-0.15, -0.1) is 0 Å². The maximum atomic E-state index is 12.2. The van der Waals surface area contributed by atoms with Crippen molar-refractivity contribution in [2.45, 2.75) is 0 Å². The number of hydrogen-bond acceptors (Lipinski definition) is 3. The Bertz CT molecular complexity index is 906. The number of fused-ring (bicyclic) bond motifs is 1. The van der Waals surface area contributed by atoms with Crippen LogP contribution in [0.3, 0.4) is 0 Å². The van der Waals surface area contributed by atoms with Gasteiger partial charge in [-0.05, 0) is 17.5 Å². The minimum atomic E-state index is -0.489. The van der Waals surface area contributed by atoms with Crippen molar-refractivity contribution in [3.8, 4) is 5.75 Å². The second kappa shape index (κ2) is 6.50. The number of nitrogens with zero attached hydrogens (tertiary/aromatic N) is 1. The van der Waals surface area contributed by atoms with Crippen LogP contribution in [0.25, 0.3) is 10.8 Å². The molecule has 0 unspecified atom stereocenters. The molecule has 0 aromatic heterocycles. The Morgan fingerprint density at radius 3 is 2.61 bits per heavy atom. The number of rotatable bonds is 3. The minimum Gasteiger partial charge on any atom is -0.506 e. The van der Waals surface area contributed by atoms with Crippen LogP contribution in [0.4, 0.5) is 0 Å². The first-order valence-electron chi connectivity index (χ1n) is 6.95. The molecule has 0 atom stereocenters. The molecule has 0 aliphatic carbocycles. The number of carbonyl (C=O) groups is 1. The van der Waals surface area contributed by atoms with Gasteiger partial charge in [-0.3, -0.25) is 4.79 Å². The second-order valence-corrected chi connectivity index (χ2v) is 5.31. The van der Waals surface area contributed by atoms with Crippen molar-refractivity contribution in [1.82, 2.24) is 5.43 Å². The van der Waals surface area contributed by atoms with E-state index in [0.29, 0.717) is 16.0 Å². The predicted octanol–water partition coefficient (Wildman–Crippen LogP) is 3.96. The molecule has 0 aliphatic heterocycles. The number of phenolic OH excluding ortho intramolecular Hbond substituents is 1. The molecule has 0 heterocycles. The van der Waals surface area contributed by atoms with Crippen LogP contribution in [0.1, 0.15) is 15.9 Å².